The highest BCUT2D eigenvalue weighted by molar-refractivity contribution is 6.33. The Hall–Kier alpha value is -1.33. The van der Waals surface area contributed by atoms with E-state index in [1.807, 2.05) is 25.7 Å². The van der Waals surface area contributed by atoms with Gasteiger partial charge in [0.1, 0.15) is 0 Å². The fraction of sp³-hybridized carbons (Fsp3) is 0.571. The van der Waals surface area contributed by atoms with E-state index < -0.39 is 10.5 Å². The molecule has 1 fully saturated rings. The van der Waals surface area contributed by atoms with Crippen molar-refractivity contribution in [3.63, 3.8) is 0 Å². The van der Waals surface area contributed by atoms with E-state index in [1.165, 1.54) is 12.1 Å². The smallest absolute Gasteiger partial charge is 0.271 e. The third kappa shape index (κ3) is 4.08. The minimum Gasteiger partial charge on any atom is -0.390 e. The molecule has 20 heavy (non-hydrogen) atoms. The summed E-state index contributed by atoms with van der Waals surface area (Å²) in [6.07, 6.45) is 1.33. The summed E-state index contributed by atoms with van der Waals surface area (Å²) in [5, 5.41) is 20.9. The lowest BCUT2D eigenvalue weighted by Crippen LogP contribution is -2.42. The molecule has 1 saturated heterocycles. The van der Waals surface area contributed by atoms with Crippen molar-refractivity contribution in [3.05, 3.63) is 33.3 Å². The Morgan fingerprint density at radius 1 is 1.35 bits per heavy atom. The summed E-state index contributed by atoms with van der Waals surface area (Å²) in [6, 6.07) is 4.48. The number of non-ortho nitro benzene ring substituents is 1. The standard InChI is InChI=1S/C12H15ClN2O3.C2H6/c1-12(16)4-6-14(7-5-12)11-3-2-9(15(17)18)8-10(11)13;1-2/h2-3,8,16H,4-7H2,1H3;1-2H3. The summed E-state index contributed by atoms with van der Waals surface area (Å²) >= 11 is 6.07. The first-order chi connectivity index (χ1) is 9.39. The molecule has 0 aliphatic carbocycles. The van der Waals surface area contributed by atoms with Gasteiger partial charge in [-0.05, 0) is 25.8 Å². The molecule has 0 bridgehead atoms. The highest BCUT2D eigenvalue weighted by Gasteiger charge is 2.28. The molecule has 1 heterocycles. The molecular formula is C14H21ClN2O3. The van der Waals surface area contributed by atoms with Crippen LogP contribution in [0.1, 0.15) is 33.6 Å². The number of hydrogen-bond donors (Lipinski definition) is 1. The topological polar surface area (TPSA) is 66.6 Å². The van der Waals surface area contributed by atoms with Gasteiger partial charge in [0.2, 0.25) is 0 Å². The quantitative estimate of drug-likeness (QED) is 0.669. The molecule has 112 valence electrons. The number of nitro benzene ring substituents is 1. The molecule has 0 aromatic heterocycles. The van der Waals surface area contributed by atoms with Gasteiger partial charge in [-0.2, -0.15) is 0 Å². The van der Waals surface area contributed by atoms with E-state index in [-0.39, 0.29) is 5.69 Å². The Balaban J connectivity index is 0.000000956. The summed E-state index contributed by atoms with van der Waals surface area (Å²) < 4.78 is 0. The van der Waals surface area contributed by atoms with Gasteiger partial charge in [-0.25, -0.2) is 0 Å². The van der Waals surface area contributed by atoms with Gasteiger partial charge in [0.05, 0.1) is 21.2 Å². The lowest BCUT2D eigenvalue weighted by atomic mass is 9.93. The molecule has 1 aromatic rings. The Morgan fingerprint density at radius 2 is 1.90 bits per heavy atom. The Morgan fingerprint density at radius 3 is 2.35 bits per heavy atom. The molecule has 0 spiro atoms. The van der Waals surface area contributed by atoms with E-state index >= 15 is 0 Å². The van der Waals surface area contributed by atoms with Crippen LogP contribution in [0.5, 0.6) is 0 Å². The van der Waals surface area contributed by atoms with Crippen molar-refractivity contribution in [1.29, 1.82) is 0 Å². The third-order valence-electron chi connectivity index (χ3n) is 3.32. The first-order valence-electron chi connectivity index (χ1n) is 6.80. The van der Waals surface area contributed by atoms with Crippen molar-refractivity contribution in [2.45, 2.75) is 39.2 Å². The number of rotatable bonds is 2. The maximum absolute atomic E-state index is 10.6. The van der Waals surface area contributed by atoms with Crippen LogP contribution in [-0.4, -0.2) is 28.7 Å². The van der Waals surface area contributed by atoms with E-state index in [2.05, 4.69) is 0 Å². The number of anilines is 1. The van der Waals surface area contributed by atoms with Crippen molar-refractivity contribution in [2.75, 3.05) is 18.0 Å². The first-order valence-corrected chi connectivity index (χ1v) is 7.18. The minimum atomic E-state index is -0.621. The normalized spacial score (nSPS) is 17.1. The fourth-order valence-electron chi connectivity index (χ4n) is 2.10. The van der Waals surface area contributed by atoms with Crippen LogP contribution < -0.4 is 4.90 Å². The zero-order valence-corrected chi connectivity index (χ0v) is 12.9. The average Bonchev–Trinajstić information content (AvgIpc) is 2.41. The molecule has 0 amide bonds. The van der Waals surface area contributed by atoms with Gasteiger partial charge in [0.25, 0.3) is 5.69 Å². The molecule has 1 aromatic carbocycles. The van der Waals surface area contributed by atoms with E-state index in [9.17, 15) is 15.2 Å². The lowest BCUT2D eigenvalue weighted by Gasteiger charge is -2.37. The van der Waals surface area contributed by atoms with Crippen LogP contribution in [0, 0.1) is 10.1 Å². The predicted octanol–water partition coefficient (Wildman–Crippen LogP) is 3.63. The zero-order chi connectivity index (χ0) is 15.3. The molecule has 1 aliphatic rings. The van der Waals surface area contributed by atoms with Gasteiger partial charge in [-0.15, -0.1) is 0 Å². The molecule has 0 atom stereocenters. The first kappa shape index (κ1) is 16.7. The Kier molecular flexibility index (Phi) is 5.77. The molecule has 1 N–H and O–H groups in total. The van der Waals surface area contributed by atoms with Gasteiger partial charge in [0.15, 0.2) is 0 Å². The Bertz CT molecular complexity index is 467. The van der Waals surface area contributed by atoms with Crippen LogP contribution in [0.15, 0.2) is 18.2 Å². The second-order valence-electron chi connectivity index (χ2n) is 4.88. The minimum absolute atomic E-state index is 0.00671. The molecule has 5 nitrogen and oxygen atoms in total. The van der Waals surface area contributed by atoms with Crippen LogP contribution in [0.4, 0.5) is 11.4 Å². The molecular weight excluding hydrogens is 280 g/mol. The van der Waals surface area contributed by atoms with Crippen molar-refractivity contribution < 1.29 is 10.0 Å². The number of nitrogens with zero attached hydrogens (tertiary/aromatic N) is 2. The van der Waals surface area contributed by atoms with Gasteiger partial charge in [0, 0.05) is 25.2 Å². The largest absolute Gasteiger partial charge is 0.390 e. The second-order valence-corrected chi connectivity index (χ2v) is 5.28. The molecule has 6 heteroatoms. The molecule has 0 unspecified atom stereocenters. The third-order valence-corrected chi connectivity index (χ3v) is 3.63. The van der Waals surface area contributed by atoms with Gasteiger partial charge >= 0.3 is 0 Å². The summed E-state index contributed by atoms with van der Waals surface area (Å²) in [7, 11) is 0. The van der Waals surface area contributed by atoms with Crippen molar-refractivity contribution in [2.24, 2.45) is 0 Å². The highest BCUT2D eigenvalue weighted by atomic mass is 35.5. The van der Waals surface area contributed by atoms with E-state index in [0.29, 0.717) is 31.0 Å². The second kappa shape index (κ2) is 6.90. The molecule has 0 saturated carbocycles. The fourth-order valence-corrected chi connectivity index (χ4v) is 2.39. The number of halogens is 1. The number of aliphatic hydroxyl groups is 1. The summed E-state index contributed by atoms with van der Waals surface area (Å²) in [6.45, 7) is 7.22. The molecule has 2 rings (SSSR count). The number of piperidine rings is 1. The van der Waals surface area contributed by atoms with Gasteiger partial charge in [-0.1, -0.05) is 25.4 Å². The van der Waals surface area contributed by atoms with Gasteiger partial charge in [-0.3, -0.25) is 10.1 Å². The van der Waals surface area contributed by atoms with E-state index in [1.54, 1.807) is 6.07 Å². The van der Waals surface area contributed by atoms with Crippen molar-refractivity contribution in [1.82, 2.24) is 0 Å². The SMILES string of the molecule is CC.CC1(O)CCN(c2ccc([N+](=O)[O-])cc2Cl)CC1. The summed E-state index contributed by atoms with van der Waals surface area (Å²) in [5.41, 5.74) is 0.162. The summed E-state index contributed by atoms with van der Waals surface area (Å²) in [4.78, 5) is 12.2. The summed E-state index contributed by atoms with van der Waals surface area (Å²) in [5.74, 6) is 0. The number of benzene rings is 1. The van der Waals surface area contributed by atoms with Crippen LogP contribution in [0.2, 0.25) is 5.02 Å². The van der Waals surface area contributed by atoms with E-state index in [0.717, 1.165) is 5.69 Å². The van der Waals surface area contributed by atoms with Crippen LogP contribution >= 0.6 is 11.6 Å². The monoisotopic (exact) mass is 300 g/mol. The Labute approximate surface area is 124 Å². The predicted molar refractivity (Wildman–Crippen MR) is 81.5 cm³/mol. The average molecular weight is 301 g/mol. The number of nitro groups is 1. The molecule has 1 aliphatic heterocycles. The number of hydrogen-bond acceptors (Lipinski definition) is 4. The highest BCUT2D eigenvalue weighted by Crippen LogP contribution is 2.33. The van der Waals surface area contributed by atoms with Crippen LogP contribution in [0.25, 0.3) is 0 Å². The van der Waals surface area contributed by atoms with Crippen LogP contribution in [-0.2, 0) is 0 Å². The van der Waals surface area contributed by atoms with Gasteiger partial charge < -0.3 is 10.0 Å². The molecule has 0 radical (unpaired) electrons. The zero-order valence-electron chi connectivity index (χ0n) is 12.1. The van der Waals surface area contributed by atoms with E-state index in [4.69, 9.17) is 11.6 Å². The van der Waals surface area contributed by atoms with Crippen molar-refractivity contribution >= 4 is 23.0 Å². The maximum atomic E-state index is 10.6. The maximum Gasteiger partial charge on any atom is 0.271 e. The van der Waals surface area contributed by atoms with Crippen molar-refractivity contribution in [3.8, 4) is 0 Å². The van der Waals surface area contributed by atoms with Crippen LogP contribution in [0.3, 0.4) is 0 Å². The lowest BCUT2D eigenvalue weighted by molar-refractivity contribution is -0.384.